The molecule has 4 nitrogen and oxygen atoms in total. The molecule has 90 valence electrons. The Kier molecular flexibility index (Phi) is 2.19. The topological polar surface area (TPSA) is 68.9 Å². The summed E-state index contributed by atoms with van der Waals surface area (Å²) in [6.45, 7) is 0. The fraction of sp³-hybridized carbons (Fsp3) is 0. The SMILES string of the molecule is O=C(O)c1ccc(-c2c[nH]c3ccc(F)cc23)[nH]1. The van der Waals surface area contributed by atoms with Crippen LogP contribution in [0.5, 0.6) is 0 Å². The van der Waals surface area contributed by atoms with E-state index in [1.165, 1.54) is 18.2 Å². The molecule has 0 aliphatic carbocycles. The fourth-order valence-corrected chi connectivity index (χ4v) is 1.99. The summed E-state index contributed by atoms with van der Waals surface area (Å²) in [5.41, 5.74) is 2.30. The first-order valence-electron chi connectivity index (χ1n) is 5.34. The van der Waals surface area contributed by atoms with Crippen LogP contribution in [-0.4, -0.2) is 21.0 Å². The minimum Gasteiger partial charge on any atom is -0.477 e. The largest absolute Gasteiger partial charge is 0.477 e. The first-order chi connectivity index (χ1) is 8.65. The number of carbonyl (C=O) groups is 1. The van der Waals surface area contributed by atoms with Crippen molar-refractivity contribution in [2.45, 2.75) is 0 Å². The van der Waals surface area contributed by atoms with E-state index in [0.717, 1.165) is 11.1 Å². The summed E-state index contributed by atoms with van der Waals surface area (Å²) in [6, 6.07) is 7.59. The van der Waals surface area contributed by atoms with Crippen molar-refractivity contribution < 1.29 is 14.3 Å². The van der Waals surface area contributed by atoms with Gasteiger partial charge in [0.05, 0.1) is 0 Å². The molecule has 3 rings (SSSR count). The van der Waals surface area contributed by atoms with E-state index >= 15 is 0 Å². The third-order valence-corrected chi connectivity index (χ3v) is 2.85. The number of carboxylic acids is 1. The Balaban J connectivity index is 2.18. The van der Waals surface area contributed by atoms with Gasteiger partial charge in [-0.3, -0.25) is 0 Å². The number of benzene rings is 1. The van der Waals surface area contributed by atoms with Crippen LogP contribution in [0.4, 0.5) is 4.39 Å². The third-order valence-electron chi connectivity index (χ3n) is 2.85. The van der Waals surface area contributed by atoms with Crippen LogP contribution < -0.4 is 0 Å². The van der Waals surface area contributed by atoms with Crippen molar-refractivity contribution in [2.75, 3.05) is 0 Å². The summed E-state index contributed by atoms with van der Waals surface area (Å²) in [4.78, 5) is 16.6. The van der Waals surface area contributed by atoms with Crippen LogP contribution in [0.2, 0.25) is 0 Å². The predicted molar refractivity (Wildman–Crippen MR) is 65.0 cm³/mol. The molecule has 0 atom stereocenters. The molecule has 2 heterocycles. The van der Waals surface area contributed by atoms with Gasteiger partial charge in [0.15, 0.2) is 0 Å². The van der Waals surface area contributed by atoms with Crippen molar-refractivity contribution in [3.05, 3.63) is 48.0 Å². The average molecular weight is 244 g/mol. The van der Waals surface area contributed by atoms with E-state index in [2.05, 4.69) is 9.97 Å². The van der Waals surface area contributed by atoms with Gasteiger partial charge in [-0.25, -0.2) is 9.18 Å². The number of rotatable bonds is 2. The maximum absolute atomic E-state index is 13.2. The first kappa shape index (κ1) is 10.6. The number of aromatic carboxylic acids is 1. The molecular formula is C13H9FN2O2. The van der Waals surface area contributed by atoms with Crippen LogP contribution in [0.3, 0.4) is 0 Å². The quantitative estimate of drug-likeness (QED) is 0.648. The number of carboxylic acid groups (broad SMARTS) is 1. The Bertz CT molecular complexity index is 742. The summed E-state index contributed by atoms with van der Waals surface area (Å²) in [5, 5.41) is 9.57. The molecule has 0 bridgehead atoms. The number of nitrogens with one attached hydrogen (secondary N) is 2. The number of H-pyrrole nitrogens is 2. The van der Waals surface area contributed by atoms with Gasteiger partial charge in [0.25, 0.3) is 0 Å². The molecule has 2 aromatic heterocycles. The molecule has 0 fully saturated rings. The zero-order valence-electron chi connectivity index (χ0n) is 9.20. The molecule has 0 radical (unpaired) electrons. The zero-order chi connectivity index (χ0) is 12.7. The number of halogens is 1. The highest BCUT2D eigenvalue weighted by Crippen LogP contribution is 2.28. The highest BCUT2D eigenvalue weighted by atomic mass is 19.1. The molecule has 1 aromatic carbocycles. The second-order valence-corrected chi connectivity index (χ2v) is 3.98. The standard InChI is InChI=1S/C13H9FN2O2/c14-7-1-2-10-8(5-7)9(6-15-10)11-3-4-12(16-11)13(17)18/h1-6,15-16H,(H,17,18). The van der Waals surface area contributed by atoms with Crippen LogP contribution in [0.15, 0.2) is 36.5 Å². The number of fused-ring (bicyclic) bond motifs is 1. The Morgan fingerprint density at radius 1 is 1.22 bits per heavy atom. The number of aromatic amines is 2. The van der Waals surface area contributed by atoms with Gasteiger partial charge in [0.1, 0.15) is 11.5 Å². The molecule has 0 aliphatic heterocycles. The van der Waals surface area contributed by atoms with E-state index in [1.807, 2.05) is 0 Å². The van der Waals surface area contributed by atoms with E-state index in [-0.39, 0.29) is 11.5 Å². The number of hydrogen-bond donors (Lipinski definition) is 3. The Morgan fingerprint density at radius 2 is 2.06 bits per heavy atom. The fourth-order valence-electron chi connectivity index (χ4n) is 1.99. The van der Waals surface area contributed by atoms with Crippen molar-refractivity contribution in [1.82, 2.24) is 9.97 Å². The molecule has 18 heavy (non-hydrogen) atoms. The summed E-state index contributed by atoms with van der Waals surface area (Å²) in [6.07, 6.45) is 1.72. The van der Waals surface area contributed by atoms with Crippen LogP contribution >= 0.6 is 0 Å². The second kappa shape index (κ2) is 3.73. The van der Waals surface area contributed by atoms with E-state index in [0.29, 0.717) is 11.1 Å². The monoisotopic (exact) mass is 244 g/mol. The highest BCUT2D eigenvalue weighted by molar-refractivity contribution is 5.96. The second-order valence-electron chi connectivity index (χ2n) is 3.98. The minimum absolute atomic E-state index is 0.107. The van der Waals surface area contributed by atoms with Gasteiger partial charge in [-0.2, -0.15) is 0 Å². The maximum atomic E-state index is 13.2. The lowest BCUT2D eigenvalue weighted by molar-refractivity contribution is 0.0691. The van der Waals surface area contributed by atoms with Gasteiger partial charge in [-0.15, -0.1) is 0 Å². The first-order valence-corrected chi connectivity index (χ1v) is 5.34. The van der Waals surface area contributed by atoms with Crippen LogP contribution in [0.1, 0.15) is 10.5 Å². The Hall–Kier alpha value is -2.56. The predicted octanol–water partition coefficient (Wildman–Crippen LogP) is 3.00. The maximum Gasteiger partial charge on any atom is 0.352 e. The number of hydrogen-bond acceptors (Lipinski definition) is 1. The summed E-state index contributed by atoms with van der Waals surface area (Å²) < 4.78 is 13.2. The highest BCUT2D eigenvalue weighted by Gasteiger charge is 2.11. The molecule has 5 heteroatoms. The molecular weight excluding hydrogens is 235 g/mol. The molecule has 0 amide bonds. The minimum atomic E-state index is -1.02. The van der Waals surface area contributed by atoms with Gasteiger partial charge in [-0.1, -0.05) is 0 Å². The molecule has 3 aromatic rings. The molecule has 0 aliphatic rings. The average Bonchev–Trinajstić information content (AvgIpc) is 2.93. The molecule has 0 saturated heterocycles. The smallest absolute Gasteiger partial charge is 0.352 e. The van der Waals surface area contributed by atoms with Crippen LogP contribution in [0.25, 0.3) is 22.2 Å². The van der Waals surface area contributed by atoms with Crippen molar-refractivity contribution in [3.8, 4) is 11.3 Å². The normalized spacial score (nSPS) is 10.9. The summed E-state index contributed by atoms with van der Waals surface area (Å²) in [7, 11) is 0. The molecule has 3 N–H and O–H groups in total. The van der Waals surface area contributed by atoms with Crippen LogP contribution in [-0.2, 0) is 0 Å². The van der Waals surface area contributed by atoms with Crippen molar-refractivity contribution >= 4 is 16.9 Å². The third kappa shape index (κ3) is 1.57. The van der Waals surface area contributed by atoms with E-state index < -0.39 is 5.97 Å². The lowest BCUT2D eigenvalue weighted by Gasteiger charge is -1.96. The molecule has 0 spiro atoms. The van der Waals surface area contributed by atoms with Gasteiger partial charge >= 0.3 is 5.97 Å². The van der Waals surface area contributed by atoms with Gasteiger partial charge in [0, 0.05) is 28.4 Å². The van der Waals surface area contributed by atoms with E-state index in [4.69, 9.17) is 5.11 Å². The lowest BCUT2D eigenvalue weighted by Crippen LogP contribution is -1.95. The number of aromatic nitrogens is 2. The van der Waals surface area contributed by atoms with Crippen molar-refractivity contribution in [3.63, 3.8) is 0 Å². The van der Waals surface area contributed by atoms with Gasteiger partial charge in [0.2, 0.25) is 0 Å². The van der Waals surface area contributed by atoms with Gasteiger partial charge in [-0.05, 0) is 30.3 Å². The summed E-state index contributed by atoms with van der Waals surface area (Å²) >= 11 is 0. The molecule has 0 unspecified atom stereocenters. The Labute approximate surface area is 101 Å². The molecule has 0 saturated carbocycles. The van der Waals surface area contributed by atoms with Crippen molar-refractivity contribution in [2.24, 2.45) is 0 Å². The zero-order valence-corrected chi connectivity index (χ0v) is 9.20. The van der Waals surface area contributed by atoms with E-state index in [9.17, 15) is 9.18 Å². The van der Waals surface area contributed by atoms with E-state index in [1.54, 1.807) is 18.3 Å². The Morgan fingerprint density at radius 3 is 2.78 bits per heavy atom. The lowest BCUT2D eigenvalue weighted by atomic mass is 10.1. The summed E-state index contributed by atoms with van der Waals surface area (Å²) in [5.74, 6) is -1.35. The van der Waals surface area contributed by atoms with Crippen LogP contribution in [0, 0.1) is 5.82 Å². The van der Waals surface area contributed by atoms with Crippen molar-refractivity contribution in [1.29, 1.82) is 0 Å². The van der Waals surface area contributed by atoms with Gasteiger partial charge < -0.3 is 15.1 Å².